The van der Waals surface area contributed by atoms with E-state index < -0.39 is 17.5 Å². The molecule has 7 heteroatoms. The number of nitrogens with one attached hydrogen (secondary N) is 2. The third-order valence-corrected chi connectivity index (χ3v) is 3.54. The fourth-order valence-electron chi connectivity index (χ4n) is 2.39. The quantitative estimate of drug-likeness (QED) is 0.730. The monoisotopic (exact) mass is 354 g/mol. The minimum absolute atomic E-state index is 0.0505. The average molecular weight is 354 g/mol. The summed E-state index contributed by atoms with van der Waals surface area (Å²) in [7, 11) is 0. The van der Waals surface area contributed by atoms with Crippen LogP contribution < -0.4 is 10.6 Å². The minimum atomic E-state index is -0.757. The first-order valence-electron chi connectivity index (χ1n) is 7.86. The SMILES string of the molecule is Cc1cccc(NC(=O)c2cc(Nc3ccc(F)cc3F)nc(C)n2)c1. The summed E-state index contributed by atoms with van der Waals surface area (Å²) < 4.78 is 26.8. The molecular weight excluding hydrogens is 338 g/mol. The Bertz CT molecular complexity index is 976. The highest BCUT2D eigenvalue weighted by molar-refractivity contribution is 6.03. The summed E-state index contributed by atoms with van der Waals surface area (Å²) in [6, 6.07) is 11.9. The van der Waals surface area contributed by atoms with Crippen LogP contribution in [-0.2, 0) is 0 Å². The van der Waals surface area contributed by atoms with Gasteiger partial charge < -0.3 is 10.6 Å². The van der Waals surface area contributed by atoms with Crippen molar-refractivity contribution >= 4 is 23.1 Å². The lowest BCUT2D eigenvalue weighted by Crippen LogP contribution is -2.15. The minimum Gasteiger partial charge on any atom is -0.338 e. The lowest BCUT2D eigenvalue weighted by Gasteiger charge is -2.10. The van der Waals surface area contributed by atoms with Crippen molar-refractivity contribution in [2.75, 3.05) is 10.6 Å². The summed E-state index contributed by atoms with van der Waals surface area (Å²) in [5, 5.41) is 5.49. The summed E-state index contributed by atoms with van der Waals surface area (Å²) in [5.41, 5.74) is 1.83. The molecule has 3 rings (SSSR count). The normalized spacial score (nSPS) is 10.5. The molecule has 132 valence electrons. The van der Waals surface area contributed by atoms with Gasteiger partial charge in [-0.05, 0) is 43.7 Å². The van der Waals surface area contributed by atoms with Gasteiger partial charge in [-0.1, -0.05) is 12.1 Å². The number of amides is 1. The highest BCUT2D eigenvalue weighted by Gasteiger charge is 2.12. The third kappa shape index (κ3) is 4.18. The molecule has 1 amide bonds. The van der Waals surface area contributed by atoms with Crippen LogP contribution >= 0.6 is 0 Å². The van der Waals surface area contributed by atoms with E-state index in [2.05, 4.69) is 20.6 Å². The number of hydrogen-bond donors (Lipinski definition) is 2. The van der Waals surface area contributed by atoms with E-state index in [1.807, 2.05) is 25.1 Å². The molecule has 1 aromatic heterocycles. The van der Waals surface area contributed by atoms with Gasteiger partial charge in [0.25, 0.3) is 5.91 Å². The summed E-state index contributed by atoms with van der Waals surface area (Å²) >= 11 is 0. The first-order chi connectivity index (χ1) is 12.4. The van der Waals surface area contributed by atoms with Gasteiger partial charge in [0.1, 0.15) is 29.0 Å². The van der Waals surface area contributed by atoms with Gasteiger partial charge in [0, 0.05) is 17.8 Å². The van der Waals surface area contributed by atoms with Crippen molar-refractivity contribution < 1.29 is 13.6 Å². The van der Waals surface area contributed by atoms with Gasteiger partial charge in [0.2, 0.25) is 0 Å². The van der Waals surface area contributed by atoms with Crippen molar-refractivity contribution in [3.8, 4) is 0 Å². The van der Waals surface area contributed by atoms with E-state index >= 15 is 0 Å². The summed E-state index contributed by atoms with van der Waals surface area (Å²) in [5.74, 6) is -1.27. The lowest BCUT2D eigenvalue weighted by atomic mass is 10.2. The zero-order chi connectivity index (χ0) is 18.7. The van der Waals surface area contributed by atoms with Gasteiger partial charge in [0.15, 0.2) is 0 Å². The van der Waals surface area contributed by atoms with Gasteiger partial charge in [-0.3, -0.25) is 4.79 Å². The number of halogens is 2. The fourth-order valence-corrected chi connectivity index (χ4v) is 2.39. The molecule has 0 saturated carbocycles. The Morgan fingerprint density at radius 1 is 1.00 bits per heavy atom. The second-order valence-electron chi connectivity index (χ2n) is 5.76. The number of anilines is 3. The molecular formula is C19H16F2N4O. The van der Waals surface area contributed by atoms with Crippen LogP contribution in [0.1, 0.15) is 21.9 Å². The van der Waals surface area contributed by atoms with Gasteiger partial charge in [-0.25, -0.2) is 18.7 Å². The molecule has 0 spiro atoms. The maximum Gasteiger partial charge on any atom is 0.274 e. The van der Waals surface area contributed by atoms with E-state index in [0.717, 1.165) is 17.7 Å². The maximum atomic E-state index is 13.8. The molecule has 0 saturated heterocycles. The molecule has 1 heterocycles. The Labute approximate surface area is 149 Å². The molecule has 2 aromatic carbocycles. The topological polar surface area (TPSA) is 66.9 Å². The zero-order valence-electron chi connectivity index (χ0n) is 14.2. The fraction of sp³-hybridized carbons (Fsp3) is 0.105. The standard InChI is InChI=1S/C19H16F2N4O/c1-11-4-3-5-14(8-11)24-19(26)17-10-18(23-12(2)22-17)25-16-7-6-13(20)9-15(16)21/h3-10H,1-2H3,(H,24,26)(H,22,23,25). The molecule has 0 unspecified atom stereocenters. The van der Waals surface area contributed by atoms with Crippen LogP contribution in [-0.4, -0.2) is 15.9 Å². The second-order valence-corrected chi connectivity index (χ2v) is 5.76. The van der Waals surface area contributed by atoms with Crippen LogP contribution in [0.3, 0.4) is 0 Å². The Morgan fingerprint density at radius 3 is 2.54 bits per heavy atom. The first kappa shape index (κ1) is 17.5. The molecule has 0 bridgehead atoms. The summed E-state index contributed by atoms with van der Waals surface area (Å²) in [6.45, 7) is 3.54. The van der Waals surface area contributed by atoms with Gasteiger partial charge in [-0.2, -0.15) is 0 Å². The molecule has 0 atom stereocenters. The summed E-state index contributed by atoms with van der Waals surface area (Å²) in [4.78, 5) is 20.7. The maximum absolute atomic E-state index is 13.8. The van der Waals surface area contributed by atoms with Crippen LogP contribution in [0.25, 0.3) is 0 Å². The average Bonchev–Trinajstić information content (AvgIpc) is 2.57. The van der Waals surface area contributed by atoms with Crippen LogP contribution in [0.5, 0.6) is 0 Å². The van der Waals surface area contributed by atoms with E-state index in [1.165, 1.54) is 12.1 Å². The van der Waals surface area contributed by atoms with Crippen molar-refractivity contribution in [3.05, 3.63) is 77.2 Å². The Balaban J connectivity index is 1.84. The number of rotatable bonds is 4. The van der Waals surface area contributed by atoms with Crippen molar-refractivity contribution in [2.24, 2.45) is 0 Å². The first-order valence-corrected chi connectivity index (χ1v) is 7.86. The molecule has 0 aliphatic heterocycles. The van der Waals surface area contributed by atoms with Crippen LogP contribution in [0.4, 0.5) is 26.0 Å². The van der Waals surface area contributed by atoms with E-state index in [4.69, 9.17) is 0 Å². The number of carbonyl (C=O) groups is 1. The number of benzene rings is 2. The van der Waals surface area contributed by atoms with Gasteiger partial charge in [0.05, 0.1) is 5.69 Å². The molecule has 0 fully saturated rings. The molecule has 2 N–H and O–H groups in total. The molecule has 0 radical (unpaired) electrons. The Hall–Kier alpha value is -3.35. The molecule has 0 aliphatic carbocycles. The van der Waals surface area contributed by atoms with Crippen LogP contribution in [0.2, 0.25) is 0 Å². The van der Waals surface area contributed by atoms with Crippen molar-refractivity contribution in [1.29, 1.82) is 0 Å². The number of aryl methyl sites for hydroxylation is 2. The second kappa shape index (κ2) is 7.26. The number of nitrogens with zero attached hydrogens (tertiary/aromatic N) is 2. The predicted molar refractivity (Wildman–Crippen MR) is 95.5 cm³/mol. The lowest BCUT2D eigenvalue weighted by molar-refractivity contribution is 0.102. The largest absolute Gasteiger partial charge is 0.338 e. The van der Waals surface area contributed by atoms with Crippen molar-refractivity contribution in [3.63, 3.8) is 0 Å². The third-order valence-electron chi connectivity index (χ3n) is 3.54. The Morgan fingerprint density at radius 2 is 1.81 bits per heavy atom. The van der Waals surface area contributed by atoms with E-state index in [-0.39, 0.29) is 17.2 Å². The van der Waals surface area contributed by atoms with E-state index in [0.29, 0.717) is 11.5 Å². The van der Waals surface area contributed by atoms with E-state index in [9.17, 15) is 13.6 Å². The number of aromatic nitrogens is 2. The van der Waals surface area contributed by atoms with Gasteiger partial charge in [-0.15, -0.1) is 0 Å². The van der Waals surface area contributed by atoms with Crippen LogP contribution in [0.15, 0.2) is 48.5 Å². The highest BCUT2D eigenvalue weighted by Crippen LogP contribution is 2.20. The van der Waals surface area contributed by atoms with E-state index in [1.54, 1.807) is 13.0 Å². The molecule has 5 nitrogen and oxygen atoms in total. The van der Waals surface area contributed by atoms with Crippen molar-refractivity contribution in [2.45, 2.75) is 13.8 Å². The van der Waals surface area contributed by atoms with Gasteiger partial charge >= 0.3 is 0 Å². The predicted octanol–water partition coefficient (Wildman–Crippen LogP) is 4.37. The summed E-state index contributed by atoms with van der Waals surface area (Å²) in [6.07, 6.45) is 0. The number of hydrogen-bond acceptors (Lipinski definition) is 4. The zero-order valence-corrected chi connectivity index (χ0v) is 14.2. The smallest absolute Gasteiger partial charge is 0.274 e. The van der Waals surface area contributed by atoms with Crippen LogP contribution in [0, 0.1) is 25.5 Å². The molecule has 26 heavy (non-hydrogen) atoms. The number of carbonyl (C=O) groups excluding carboxylic acids is 1. The van der Waals surface area contributed by atoms with Crippen molar-refractivity contribution in [1.82, 2.24) is 9.97 Å². The molecule has 0 aliphatic rings. The Kier molecular flexibility index (Phi) is 4.88. The molecule has 3 aromatic rings. The highest BCUT2D eigenvalue weighted by atomic mass is 19.1.